The summed E-state index contributed by atoms with van der Waals surface area (Å²) in [5.74, 6) is 1.55. The summed E-state index contributed by atoms with van der Waals surface area (Å²) in [6.07, 6.45) is 3.38. The number of piperidine rings is 1. The van der Waals surface area contributed by atoms with Crippen molar-refractivity contribution in [2.75, 3.05) is 26.8 Å². The average molecular weight is 367 g/mol. The van der Waals surface area contributed by atoms with Crippen LogP contribution in [0.5, 0.6) is 5.75 Å². The first-order valence-corrected chi connectivity index (χ1v) is 9.81. The van der Waals surface area contributed by atoms with Crippen LogP contribution in [0.1, 0.15) is 37.4 Å². The first-order chi connectivity index (χ1) is 13.3. The number of nitrogens with zero attached hydrogens (tertiary/aromatic N) is 1. The molecule has 4 heteroatoms. The molecule has 1 atom stereocenters. The first kappa shape index (κ1) is 19.4. The quantitative estimate of drug-likeness (QED) is 0.646. The van der Waals surface area contributed by atoms with Gasteiger partial charge in [-0.1, -0.05) is 48.5 Å². The fraction of sp³-hybridized carbons (Fsp3) is 0.435. The van der Waals surface area contributed by atoms with Crippen LogP contribution in [0.4, 0.5) is 0 Å². The molecule has 1 amide bonds. The Hall–Kier alpha value is -2.33. The summed E-state index contributed by atoms with van der Waals surface area (Å²) < 4.78 is 11.4. The Morgan fingerprint density at radius 3 is 2.30 bits per heavy atom. The lowest BCUT2D eigenvalue weighted by Crippen LogP contribution is -2.40. The van der Waals surface area contributed by atoms with Crippen LogP contribution in [0, 0.1) is 5.92 Å². The molecular formula is C23H29NO3. The molecule has 1 heterocycles. The maximum absolute atomic E-state index is 12.5. The maximum atomic E-state index is 12.5. The SMILES string of the molecule is COC(c1ccccc1)C1CCN(C(=O)CCCOc2ccccc2)CC1. The summed E-state index contributed by atoms with van der Waals surface area (Å²) in [7, 11) is 1.78. The van der Waals surface area contributed by atoms with Crippen LogP contribution in [-0.2, 0) is 9.53 Å². The van der Waals surface area contributed by atoms with Crippen molar-refractivity contribution in [3.63, 3.8) is 0 Å². The number of hydrogen-bond acceptors (Lipinski definition) is 3. The van der Waals surface area contributed by atoms with Crippen molar-refractivity contribution in [3.8, 4) is 5.75 Å². The minimum atomic E-state index is 0.114. The highest BCUT2D eigenvalue weighted by Gasteiger charge is 2.29. The molecule has 1 aliphatic heterocycles. The van der Waals surface area contributed by atoms with Crippen molar-refractivity contribution in [1.82, 2.24) is 4.90 Å². The molecule has 1 fully saturated rings. The number of rotatable bonds is 8. The third-order valence-electron chi connectivity index (χ3n) is 5.25. The lowest BCUT2D eigenvalue weighted by atomic mass is 9.87. The van der Waals surface area contributed by atoms with E-state index in [9.17, 15) is 4.79 Å². The lowest BCUT2D eigenvalue weighted by molar-refractivity contribution is -0.133. The zero-order valence-corrected chi connectivity index (χ0v) is 16.0. The van der Waals surface area contributed by atoms with E-state index in [0.717, 1.165) is 38.1 Å². The van der Waals surface area contributed by atoms with Crippen LogP contribution in [0.2, 0.25) is 0 Å². The van der Waals surface area contributed by atoms with Crippen molar-refractivity contribution in [3.05, 3.63) is 66.2 Å². The molecule has 0 aromatic heterocycles. The molecule has 3 rings (SSSR count). The Bertz CT molecular complexity index is 681. The predicted molar refractivity (Wildman–Crippen MR) is 107 cm³/mol. The molecule has 27 heavy (non-hydrogen) atoms. The van der Waals surface area contributed by atoms with Crippen molar-refractivity contribution in [1.29, 1.82) is 0 Å². The monoisotopic (exact) mass is 367 g/mol. The number of hydrogen-bond donors (Lipinski definition) is 0. The van der Waals surface area contributed by atoms with Gasteiger partial charge in [-0.2, -0.15) is 0 Å². The van der Waals surface area contributed by atoms with E-state index in [1.807, 2.05) is 41.3 Å². The second kappa shape index (κ2) is 10.1. The number of amides is 1. The minimum Gasteiger partial charge on any atom is -0.494 e. The second-order valence-electron chi connectivity index (χ2n) is 7.05. The van der Waals surface area contributed by atoms with Gasteiger partial charge in [-0.3, -0.25) is 4.79 Å². The Morgan fingerprint density at radius 1 is 1.04 bits per heavy atom. The van der Waals surface area contributed by atoms with E-state index in [1.165, 1.54) is 5.56 Å². The van der Waals surface area contributed by atoms with Gasteiger partial charge in [0.1, 0.15) is 5.75 Å². The Labute approximate surface area is 162 Å². The molecule has 1 saturated heterocycles. The standard InChI is InChI=1S/C23H29NO3/c1-26-23(19-9-4-2-5-10-19)20-14-16-24(17-15-20)22(25)13-8-18-27-21-11-6-3-7-12-21/h2-7,9-12,20,23H,8,13-18H2,1H3. The van der Waals surface area contributed by atoms with Crippen molar-refractivity contribution >= 4 is 5.91 Å². The third-order valence-corrected chi connectivity index (χ3v) is 5.25. The molecule has 2 aromatic carbocycles. The molecule has 4 nitrogen and oxygen atoms in total. The highest BCUT2D eigenvalue weighted by atomic mass is 16.5. The molecule has 0 aliphatic carbocycles. The number of methoxy groups -OCH3 is 1. The summed E-state index contributed by atoms with van der Waals surface area (Å²) in [5.41, 5.74) is 1.22. The third kappa shape index (κ3) is 5.57. The Kier molecular flexibility index (Phi) is 7.28. The van der Waals surface area contributed by atoms with Crippen LogP contribution >= 0.6 is 0 Å². The Balaban J connectivity index is 1.40. The number of likely N-dealkylation sites (tertiary alicyclic amines) is 1. The van der Waals surface area contributed by atoms with Crippen LogP contribution in [0.25, 0.3) is 0 Å². The summed E-state index contributed by atoms with van der Waals surface area (Å²) >= 11 is 0. The van der Waals surface area contributed by atoms with E-state index in [0.29, 0.717) is 18.9 Å². The second-order valence-corrected chi connectivity index (χ2v) is 7.05. The summed E-state index contributed by atoms with van der Waals surface area (Å²) in [4.78, 5) is 14.5. The number of ether oxygens (including phenoxy) is 2. The van der Waals surface area contributed by atoms with Crippen LogP contribution in [0.15, 0.2) is 60.7 Å². The number of para-hydroxylation sites is 1. The zero-order chi connectivity index (χ0) is 18.9. The number of benzene rings is 2. The van der Waals surface area contributed by atoms with Crippen molar-refractivity contribution < 1.29 is 14.3 Å². The maximum Gasteiger partial charge on any atom is 0.222 e. The molecule has 1 aliphatic rings. The van der Waals surface area contributed by atoms with E-state index in [2.05, 4.69) is 24.3 Å². The van der Waals surface area contributed by atoms with E-state index in [-0.39, 0.29) is 12.0 Å². The topological polar surface area (TPSA) is 38.8 Å². The van der Waals surface area contributed by atoms with Gasteiger partial charge in [-0.05, 0) is 42.9 Å². The number of carbonyl (C=O) groups is 1. The van der Waals surface area contributed by atoms with Crippen LogP contribution in [-0.4, -0.2) is 37.6 Å². The van der Waals surface area contributed by atoms with Crippen LogP contribution in [0.3, 0.4) is 0 Å². The van der Waals surface area contributed by atoms with Gasteiger partial charge in [-0.15, -0.1) is 0 Å². The van der Waals surface area contributed by atoms with Gasteiger partial charge in [0.25, 0.3) is 0 Å². The molecule has 0 spiro atoms. The molecular weight excluding hydrogens is 338 g/mol. The molecule has 2 aromatic rings. The predicted octanol–water partition coefficient (Wildman–Crippen LogP) is 4.47. The normalized spacial score (nSPS) is 16.1. The van der Waals surface area contributed by atoms with Gasteiger partial charge in [0.15, 0.2) is 0 Å². The van der Waals surface area contributed by atoms with E-state index in [1.54, 1.807) is 7.11 Å². The molecule has 0 bridgehead atoms. The highest BCUT2D eigenvalue weighted by molar-refractivity contribution is 5.76. The molecule has 0 N–H and O–H groups in total. The van der Waals surface area contributed by atoms with Crippen LogP contribution < -0.4 is 4.74 Å². The summed E-state index contributed by atoms with van der Waals surface area (Å²) in [6.45, 7) is 2.21. The van der Waals surface area contributed by atoms with Gasteiger partial charge >= 0.3 is 0 Å². The number of carbonyl (C=O) groups excluding carboxylic acids is 1. The fourth-order valence-electron chi connectivity index (χ4n) is 3.78. The Morgan fingerprint density at radius 2 is 1.67 bits per heavy atom. The van der Waals surface area contributed by atoms with Crippen molar-refractivity contribution in [2.45, 2.75) is 31.8 Å². The van der Waals surface area contributed by atoms with Gasteiger partial charge in [0, 0.05) is 26.6 Å². The smallest absolute Gasteiger partial charge is 0.222 e. The first-order valence-electron chi connectivity index (χ1n) is 9.81. The minimum absolute atomic E-state index is 0.114. The van der Waals surface area contributed by atoms with Gasteiger partial charge in [0.2, 0.25) is 5.91 Å². The van der Waals surface area contributed by atoms with Gasteiger partial charge in [0.05, 0.1) is 12.7 Å². The molecule has 1 unspecified atom stereocenters. The van der Waals surface area contributed by atoms with E-state index >= 15 is 0 Å². The van der Waals surface area contributed by atoms with Crippen molar-refractivity contribution in [2.24, 2.45) is 5.92 Å². The molecule has 0 saturated carbocycles. The summed E-state index contributed by atoms with van der Waals surface area (Å²) in [6, 6.07) is 20.1. The van der Waals surface area contributed by atoms with E-state index < -0.39 is 0 Å². The highest BCUT2D eigenvalue weighted by Crippen LogP contribution is 2.33. The van der Waals surface area contributed by atoms with Gasteiger partial charge in [-0.25, -0.2) is 0 Å². The zero-order valence-electron chi connectivity index (χ0n) is 16.0. The summed E-state index contributed by atoms with van der Waals surface area (Å²) in [5, 5.41) is 0. The largest absolute Gasteiger partial charge is 0.494 e. The lowest BCUT2D eigenvalue weighted by Gasteiger charge is -2.35. The van der Waals surface area contributed by atoms with Gasteiger partial charge < -0.3 is 14.4 Å². The average Bonchev–Trinajstić information content (AvgIpc) is 2.74. The molecule has 144 valence electrons. The molecule has 0 radical (unpaired) electrons. The van der Waals surface area contributed by atoms with E-state index in [4.69, 9.17) is 9.47 Å². The fourth-order valence-corrected chi connectivity index (χ4v) is 3.78.